The summed E-state index contributed by atoms with van der Waals surface area (Å²) in [5.74, 6) is -1.32. The molecule has 0 aliphatic heterocycles. The third-order valence-corrected chi connectivity index (χ3v) is 6.62. The average molecular weight is 768 g/mol. The van der Waals surface area contributed by atoms with Gasteiger partial charge in [0.15, 0.2) is 0 Å². The van der Waals surface area contributed by atoms with Crippen LogP contribution in [-0.2, 0) is 79.0 Å². The number of hydrogen-bond donors (Lipinski definition) is 2. The number of quaternary nitrogens is 1. The van der Waals surface area contributed by atoms with Gasteiger partial charge in [0, 0.05) is 51.0 Å². The molecule has 14 nitrogen and oxygen atoms in total. The Balaban J connectivity index is 0.000000734. The van der Waals surface area contributed by atoms with Gasteiger partial charge in [0.1, 0.15) is 6.61 Å². The molecule has 0 radical (unpaired) electrons. The molecule has 0 fully saturated rings. The summed E-state index contributed by atoms with van der Waals surface area (Å²) >= 11 is 0. The average Bonchev–Trinajstić information content (AvgIpc) is 3.01. The summed E-state index contributed by atoms with van der Waals surface area (Å²) in [6.45, 7) is 2.42. The van der Waals surface area contributed by atoms with Gasteiger partial charge in [-0.1, -0.05) is 24.3 Å². The minimum atomic E-state index is -5.06. The summed E-state index contributed by atoms with van der Waals surface area (Å²) in [5, 5.41) is 21.5. The summed E-state index contributed by atoms with van der Waals surface area (Å²) in [7, 11) is -5.06. The number of carboxylic acid groups (broad SMARTS) is 1. The maximum absolute atomic E-state index is 13.3. The smallest absolute Gasteiger partial charge is 0.850 e. The number of aromatic nitrogens is 4. The molecule has 1 unspecified atom stereocenters. The van der Waals surface area contributed by atoms with Gasteiger partial charge < -0.3 is 34.8 Å². The molecule has 4 heterocycles. The predicted molar refractivity (Wildman–Crippen MR) is 157 cm³/mol. The van der Waals surface area contributed by atoms with Crippen molar-refractivity contribution in [3.8, 4) is 0 Å². The standard InChI is InChI=1S/C27H29N6O.C3H8NO6P.2Zn/c34-27(21-32(17-23-9-1-5-13-28-23)18-24-10-2-6-14-29-24)22-33(19-25-11-3-7-15-30-25)20-26-12-4-8-16-31-26;4-2(3(5)6)1-10-11(7,8)9;;/h1-16,27H,17-22H2;2H,1,4H2,(H,5,6)(H2,7,8,9);;/q-1;;2*+2/p-1. The number of aliphatic carboxylic acids is 1. The topological polar surface area (TPSA) is 218 Å². The monoisotopic (exact) mass is 765 g/mol. The number of carbonyl (C=O) groups is 1. The Hall–Kier alpha value is -2.73. The zero-order chi connectivity index (χ0) is 32.5. The number of rotatable bonds is 16. The third-order valence-electron chi connectivity index (χ3n) is 6.15. The van der Waals surface area contributed by atoms with E-state index in [-0.39, 0.29) is 39.0 Å². The second-order valence-electron chi connectivity index (χ2n) is 10.0. The van der Waals surface area contributed by atoms with Crippen LogP contribution >= 0.6 is 7.82 Å². The fourth-order valence-corrected chi connectivity index (χ4v) is 4.50. The van der Waals surface area contributed by atoms with Crippen molar-refractivity contribution in [3.63, 3.8) is 0 Å². The van der Waals surface area contributed by atoms with E-state index >= 15 is 0 Å². The van der Waals surface area contributed by atoms with E-state index in [1.807, 2.05) is 72.8 Å². The summed E-state index contributed by atoms with van der Waals surface area (Å²) < 4.78 is 13.4. The minimum Gasteiger partial charge on any atom is -0.850 e. The van der Waals surface area contributed by atoms with Crippen LogP contribution < -0.4 is 20.6 Å². The molecule has 0 amide bonds. The first-order chi connectivity index (χ1) is 21.6. The summed E-state index contributed by atoms with van der Waals surface area (Å²) in [5.41, 5.74) is 6.76. The molecule has 240 valence electrons. The Labute approximate surface area is 299 Å². The zero-order valence-corrected chi connectivity index (χ0v) is 32.8. The molecule has 1 atom stereocenters. The van der Waals surface area contributed by atoms with Crippen molar-refractivity contribution >= 4 is 13.8 Å². The van der Waals surface area contributed by atoms with E-state index in [1.165, 1.54) is 0 Å². The number of pyridine rings is 4. The van der Waals surface area contributed by atoms with Gasteiger partial charge in [-0.05, 0) is 61.6 Å². The molecule has 4 rings (SSSR count). The van der Waals surface area contributed by atoms with Crippen LogP contribution in [-0.4, -0.2) is 72.7 Å². The Morgan fingerprint density at radius 1 is 0.723 bits per heavy atom. The molecule has 0 bridgehead atoms. The molecule has 47 heavy (non-hydrogen) atoms. The SMILES string of the molecule is [NH3+]C(COP(=O)([O-])[O-])C(=O)O.[O-]C(CN(Cc1ccccn1)Cc1ccccn1)CN(Cc1ccccn1)Cc1ccccn1.[Zn+2].[Zn+2]. The number of phosphoric acid groups is 1. The van der Waals surface area contributed by atoms with Crippen LogP contribution in [0.15, 0.2) is 97.6 Å². The first kappa shape index (κ1) is 42.3. The van der Waals surface area contributed by atoms with Crippen molar-refractivity contribution in [1.82, 2.24) is 29.7 Å². The molecule has 4 N–H and O–H groups in total. The molecule has 17 heteroatoms. The van der Waals surface area contributed by atoms with Gasteiger partial charge in [-0.25, -0.2) is 4.79 Å². The van der Waals surface area contributed by atoms with Crippen LogP contribution in [0.25, 0.3) is 0 Å². The fraction of sp³-hybridized carbons (Fsp3) is 0.300. The quantitative estimate of drug-likeness (QED) is 0.106. The molecular weight excluding hydrogens is 732 g/mol. The van der Waals surface area contributed by atoms with Crippen LogP contribution in [0.2, 0.25) is 0 Å². The number of hydrogen-bond acceptors (Lipinski definition) is 12. The van der Waals surface area contributed by atoms with Crippen molar-refractivity contribution in [2.45, 2.75) is 38.3 Å². The number of nitrogens with zero attached hydrogens (tertiary/aromatic N) is 6. The van der Waals surface area contributed by atoms with Gasteiger partial charge in [-0.2, -0.15) is 0 Å². The van der Waals surface area contributed by atoms with Gasteiger partial charge in [0.05, 0.1) is 30.6 Å². The molecule has 4 aromatic heterocycles. The number of carboxylic acids is 1. The van der Waals surface area contributed by atoms with E-state index in [2.05, 4.69) is 40.0 Å². The molecular formula is C30H36N7O7PZn2+2. The van der Waals surface area contributed by atoms with Crippen LogP contribution in [0, 0.1) is 0 Å². The Morgan fingerprint density at radius 3 is 1.28 bits per heavy atom. The van der Waals surface area contributed by atoms with E-state index in [0.29, 0.717) is 39.3 Å². The van der Waals surface area contributed by atoms with Gasteiger partial charge in [0.2, 0.25) is 6.04 Å². The van der Waals surface area contributed by atoms with Crippen LogP contribution in [0.3, 0.4) is 0 Å². The van der Waals surface area contributed by atoms with E-state index in [4.69, 9.17) is 5.11 Å². The Morgan fingerprint density at radius 2 is 1.04 bits per heavy atom. The molecule has 0 saturated heterocycles. The van der Waals surface area contributed by atoms with Gasteiger partial charge in [-0.15, -0.1) is 6.10 Å². The first-order valence-corrected chi connectivity index (χ1v) is 15.5. The van der Waals surface area contributed by atoms with Crippen LogP contribution in [0.4, 0.5) is 0 Å². The van der Waals surface area contributed by atoms with Crippen LogP contribution in [0.1, 0.15) is 22.8 Å². The van der Waals surface area contributed by atoms with Gasteiger partial charge in [0.25, 0.3) is 0 Å². The minimum absolute atomic E-state index is 0. The molecule has 4 aromatic rings. The second-order valence-corrected chi connectivity index (χ2v) is 11.2. The molecule has 0 spiro atoms. The first-order valence-electron chi connectivity index (χ1n) is 14.0. The third kappa shape index (κ3) is 18.4. The molecule has 0 aliphatic carbocycles. The fourth-order valence-electron chi connectivity index (χ4n) is 4.14. The van der Waals surface area contributed by atoms with E-state index in [0.717, 1.165) is 22.8 Å². The van der Waals surface area contributed by atoms with E-state index in [1.54, 1.807) is 24.8 Å². The van der Waals surface area contributed by atoms with E-state index < -0.39 is 32.5 Å². The Kier molecular flexibility index (Phi) is 20.5. The summed E-state index contributed by atoms with van der Waals surface area (Å²) in [6, 6.07) is 22.2. The van der Waals surface area contributed by atoms with Gasteiger partial charge >= 0.3 is 44.9 Å². The number of phosphoric ester groups is 1. The van der Waals surface area contributed by atoms with Crippen molar-refractivity contribution in [1.29, 1.82) is 0 Å². The molecule has 0 saturated carbocycles. The van der Waals surface area contributed by atoms with Crippen molar-refractivity contribution < 1.29 is 78.6 Å². The summed E-state index contributed by atoms with van der Waals surface area (Å²) in [4.78, 5) is 51.6. The Bertz CT molecular complexity index is 1280. The second kappa shape index (κ2) is 22.8. The molecule has 0 aromatic carbocycles. The summed E-state index contributed by atoms with van der Waals surface area (Å²) in [6.07, 6.45) is 6.31. The largest absolute Gasteiger partial charge is 2.00 e. The van der Waals surface area contributed by atoms with Crippen molar-refractivity contribution in [2.24, 2.45) is 0 Å². The maximum atomic E-state index is 13.3. The zero-order valence-electron chi connectivity index (χ0n) is 26.0. The van der Waals surface area contributed by atoms with Crippen molar-refractivity contribution in [2.75, 3.05) is 19.7 Å². The van der Waals surface area contributed by atoms with E-state index in [9.17, 15) is 24.3 Å². The van der Waals surface area contributed by atoms with Gasteiger partial charge in [-0.3, -0.25) is 29.7 Å². The maximum Gasteiger partial charge on any atom is 2.00 e. The van der Waals surface area contributed by atoms with Crippen molar-refractivity contribution in [3.05, 3.63) is 120 Å². The van der Waals surface area contributed by atoms with Crippen LogP contribution in [0.5, 0.6) is 0 Å². The predicted octanol–water partition coefficient (Wildman–Crippen LogP) is -0.778. The normalized spacial score (nSPS) is 11.6. The molecule has 0 aliphatic rings.